The minimum atomic E-state index is 0.0278. The summed E-state index contributed by atoms with van der Waals surface area (Å²) in [6, 6.07) is 14.6. The number of anilines is 1. The van der Waals surface area contributed by atoms with E-state index in [0.717, 1.165) is 39.5 Å². The summed E-state index contributed by atoms with van der Waals surface area (Å²) in [6.07, 6.45) is 2.08. The number of rotatable bonds is 4. The lowest BCUT2D eigenvalue weighted by Crippen LogP contribution is -2.29. The van der Waals surface area contributed by atoms with Crippen molar-refractivity contribution in [3.8, 4) is 5.75 Å². The molecule has 2 heterocycles. The van der Waals surface area contributed by atoms with Crippen molar-refractivity contribution in [2.45, 2.75) is 11.4 Å². The first-order chi connectivity index (χ1) is 12.7. The first kappa shape index (κ1) is 17.2. The summed E-state index contributed by atoms with van der Waals surface area (Å²) < 4.78 is 6.51. The number of benzene rings is 2. The van der Waals surface area contributed by atoms with Crippen LogP contribution in [0.15, 0.2) is 47.4 Å². The number of carbonyl (C=O) groups excluding carboxylic acids is 1. The highest BCUT2D eigenvalue weighted by Gasteiger charge is 2.26. The monoisotopic (exact) mass is 384 g/mol. The van der Waals surface area contributed by atoms with Gasteiger partial charge in [0.25, 0.3) is 5.91 Å². The molecule has 0 spiro atoms. The van der Waals surface area contributed by atoms with Gasteiger partial charge >= 0.3 is 0 Å². The fourth-order valence-electron chi connectivity index (χ4n) is 3.30. The number of nitrogens with one attached hydrogen (secondary N) is 1. The highest BCUT2D eigenvalue weighted by Crippen LogP contribution is 2.41. The summed E-state index contributed by atoms with van der Waals surface area (Å²) in [5, 5.41) is 4.19. The third kappa shape index (κ3) is 3.15. The first-order valence-corrected chi connectivity index (χ1v) is 10.5. The first-order valence-electron chi connectivity index (χ1n) is 8.46. The number of hydrogen-bond acceptors (Lipinski definition) is 5. The summed E-state index contributed by atoms with van der Waals surface area (Å²) in [5.74, 6) is 0.881. The second-order valence-electron chi connectivity index (χ2n) is 6.17. The molecular weight excluding hydrogens is 364 g/mol. The van der Waals surface area contributed by atoms with Gasteiger partial charge < -0.3 is 15.0 Å². The topological polar surface area (TPSA) is 41.6 Å². The third-order valence-electron chi connectivity index (χ3n) is 4.57. The van der Waals surface area contributed by atoms with Gasteiger partial charge in [-0.15, -0.1) is 23.1 Å². The molecule has 1 N–H and O–H groups in total. The lowest BCUT2D eigenvalue weighted by Gasteiger charge is -2.23. The molecule has 1 aliphatic heterocycles. The van der Waals surface area contributed by atoms with Crippen molar-refractivity contribution in [3.63, 3.8) is 0 Å². The Labute approximate surface area is 161 Å². The van der Waals surface area contributed by atoms with Crippen LogP contribution in [0.3, 0.4) is 0 Å². The Kier molecular flexibility index (Phi) is 4.78. The van der Waals surface area contributed by atoms with E-state index >= 15 is 0 Å². The number of carbonyl (C=O) groups is 1. The standard InChI is InChI=1S/C20H20N2O2S2/c1-24-14-5-3-4-13(10-14)12-22-9-8-21-20(23)19-18(22)16-11-15(25-2)6-7-17(16)26-19/h3-7,10-11H,8-9,12H2,1-2H3,(H,21,23). The predicted octanol–water partition coefficient (Wildman–Crippen LogP) is 4.38. The normalized spacial score (nSPS) is 14.1. The van der Waals surface area contributed by atoms with E-state index in [1.54, 1.807) is 30.2 Å². The Hall–Kier alpha value is -2.18. The predicted molar refractivity (Wildman–Crippen MR) is 110 cm³/mol. The Morgan fingerprint density at radius 3 is 2.96 bits per heavy atom. The van der Waals surface area contributed by atoms with Crippen LogP contribution in [0.25, 0.3) is 10.1 Å². The Morgan fingerprint density at radius 2 is 2.15 bits per heavy atom. The van der Waals surface area contributed by atoms with Gasteiger partial charge in [-0.2, -0.15) is 0 Å². The molecule has 2 aromatic carbocycles. The molecule has 1 aromatic heterocycles. The quantitative estimate of drug-likeness (QED) is 0.678. The van der Waals surface area contributed by atoms with Gasteiger partial charge in [0.1, 0.15) is 10.6 Å². The van der Waals surface area contributed by atoms with Crippen molar-refractivity contribution < 1.29 is 9.53 Å². The molecule has 0 bridgehead atoms. The van der Waals surface area contributed by atoms with E-state index in [4.69, 9.17) is 4.74 Å². The molecule has 1 aliphatic rings. The number of fused-ring (bicyclic) bond motifs is 3. The molecule has 3 aromatic rings. The van der Waals surface area contributed by atoms with Crippen molar-refractivity contribution in [1.29, 1.82) is 0 Å². The fourth-order valence-corrected chi connectivity index (χ4v) is 4.87. The molecule has 26 heavy (non-hydrogen) atoms. The lowest BCUT2D eigenvalue weighted by molar-refractivity contribution is 0.0962. The number of thiophene rings is 1. The van der Waals surface area contributed by atoms with Crippen molar-refractivity contribution in [3.05, 3.63) is 52.9 Å². The van der Waals surface area contributed by atoms with Crippen LogP contribution in [0.4, 0.5) is 5.69 Å². The SMILES string of the molecule is COc1cccc(CN2CCNC(=O)c3sc4ccc(SC)cc4c32)c1. The van der Waals surface area contributed by atoms with Gasteiger partial charge in [0, 0.05) is 34.6 Å². The number of thioether (sulfide) groups is 1. The third-order valence-corrected chi connectivity index (χ3v) is 6.45. The average molecular weight is 385 g/mol. The van der Waals surface area contributed by atoms with Crippen molar-refractivity contribution in [1.82, 2.24) is 5.32 Å². The van der Waals surface area contributed by atoms with Crippen LogP contribution in [0.2, 0.25) is 0 Å². The maximum Gasteiger partial charge on any atom is 0.263 e. The van der Waals surface area contributed by atoms with E-state index in [1.807, 2.05) is 12.1 Å². The Bertz CT molecular complexity index is 968. The summed E-state index contributed by atoms with van der Waals surface area (Å²) in [6.45, 7) is 2.17. The largest absolute Gasteiger partial charge is 0.497 e. The molecule has 0 atom stereocenters. The number of nitrogens with zero attached hydrogens (tertiary/aromatic N) is 1. The Balaban J connectivity index is 1.81. The molecule has 0 radical (unpaired) electrons. The molecule has 134 valence electrons. The minimum Gasteiger partial charge on any atom is -0.497 e. The fraction of sp³-hybridized carbons (Fsp3) is 0.250. The van der Waals surface area contributed by atoms with Crippen LogP contribution < -0.4 is 15.0 Å². The number of hydrogen-bond donors (Lipinski definition) is 1. The summed E-state index contributed by atoms with van der Waals surface area (Å²) in [5.41, 5.74) is 2.23. The molecule has 0 saturated carbocycles. The zero-order chi connectivity index (χ0) is 18.1. The van der Waals surface area contributed by atoms with E-state index in [-0.39, 0.29) is 5.91 Å². The molecule has 0 aliphatic carbocycles. The van der Waals surface area contributed by atoms with Gasteiger partial charge in [0.2, 0.25) is 0 Å². The van der Waals surface area contributed by atoms with Crippen molar-refractivity contribution in [2.75, 3.05) is 31.4 Å². The highest BCUT2D eigenvalue weighted by molar-refractivity contribution is 7.98. The summed E-state index contributed by atoms with van der Waals surface area (Å²) in [4.78, 5) is 16.9. The molecule has 0 saturated heterocycles. The zero-order valence-corrected chi connectivity index (χ0v) is 16.4. The van der Waals surface area contributed by atoms with E-state index in [2.05, 4.69) is 46.8 Å². The van der Waals surface area contributed by atoms with Crippen LogP contribution in [0.5, 0.6) is 5.75 Å². The van der Waals surface area contributed by atoms with Gasteiger partial charge in [-0.05, 0) is 42.2 Å². The van der Waals surface area contributed by atoms with Gasteiger partial charge in [0.15, 0.2) is 0 Å². The zero-order valence-electron chi connectivity index (χ0n) is 14.7. The van der Waals surface area contributed by atoms with Crippen molar-refractivity contribution in [2.24, 2.45) is 0 Å². The molecule has 0 unspecified atom stereocenters. The van der Waals surface area contributed by atoms with E-state index in [0.29, 0.717) is 6.54 Å². The second kappa shape index (κ2) is 7.21. The van der Waals surface area contributed by atoms with E-state index < -0.39 is 0 Å². The van der Waals surface area contributed by atoms with Crippen LogP contribution >= 0.6 is 23.1 Å². The highest BCUT2D eigenvalue weighted by atomic mass is 32.2. The van der Waals surface area contributed by atoms with Crippen LogP contribution in [0.1, 0.15) is 15.2 Å². The van der Waals surface area contributed by atoms with Gasteiger partial charge in [-0.3, -0.25) is 4.79 Å². The maximum atomic E-state index is 12.6. The molecule has 1 amide bonds. The second-order valence-corrected chi connectivity index (χ2v) is 8.10. The molecule has 6 heteroatoms. The average Bonchev–Trinajstić information content (AvgIpc) is 2.98. The van der Waals surface area contributed by atoms with Gasteiger partial charge in [-0.25, -0.2) is 0 Å². The minimum absolute atomic E-state index is 0.0278. The van der Waals surface area contributed by atoms with Gasteiger partial charge in [0.05, 0.1) is 12.8 Å². The van der Waals surface area contributed by atoms with E-state index in [9.17, 15) is 4.79 Å². The molecule has 4 nitrogen and oxygen atoms in total. The lowest BCUT2D eigenvalue weighted by atomic mass is 10.1. The molecular formula is C20H20N2O2S2. The number of methoxy groups -OCH3 is 1. The number of amides is 1. The molecule has 0 fully saturated rings. The van der Waals surface area contributed by atoms with E-state index in [1.165, 1.54) is 10.5 Å². The van der Waals surface area contributed by atoms with Gasteiger partial charge in [-0.1, -0.05) is 12.1 Å². The maximum absolute atomic E-state index is 12.6. The van der Waals surface area contributed by atoms with Crippen LogP contribution in [-0.2, 0) is 6.54 Å². The number of ether oxygens (including phenoxy) is 1. The summed E-state index contributed by atoms with van der Waals surface area (Å²) >= 11 is 3.30. The Morgan fingerprint density at radius 1 is 1.27 bits per heavy atom. The van der Waals surface area contributed by atoms with Crippen LogP contribution in [-0.4, -0.2) is 32.4 Å². The molecule has 4 rings (SSSR count). The smallest absolute Gasteiger partial charge is 0.263 e. The van der Waals surface area contributed by atoms with Crippen molar-refractivity contribution >= 4 is 44.8 Å². The van der Waals surface area contributed by atoms with Crippen LogP contribution in [0, 0.1) is 0 Å². The summed E-state index contributed by atoms with van der Waals surface area (Å²) in [7, 11) is 1.68.